The van der Waals surface area contributed by atoms with Crippen molar-refractivity contribution in [2.24, 2.45) is 0 Å². The van der Waals surface area contributed by atoms with E-state index in [1.54, 1.807) is 12.3 Å². The summed E-state index contributed by atoms with van der Waals surface area (Å²) in [6.07, 6.45) is 4.81. The first kappa shape index (κ1) is 17.2. The van der Waals surface area contributed by atoms with Crippen LogP contribution in [0.1, 0.15) is 5.76 Å². The standard InChI is InChI=1S/C22H15BrN2O2/c23-17-8-6-15(7-9-17)20-12-10-18(27-20)11-13-21(26)25-19-5-1-3-16-4-2-14-24-22(16)19/h1-14H,(H,25,26). The molecule has 0 aliphatic carbocycles. The van der Waals surface area contributed by atoms with Gasteiger partial charge < -0.3 is 9.73 Å². The minimum atomic E-state index is -0.241. The maximum atomic E-state index is 12.3. The maximum absolute atomic E-state index is 12.3. The number of hydrogen-bond acceptors (Lipinski definition) is 3. The molecule has 1 N–H and O–H groups in total. The van der Waals surface area contributed by atoms with Crippen molar-refractivity contribution in [3.8, 4) is 11.3 Å². The van der Waals surface area contributed by atoms with Gasteiger partial charge in [0.2, 0.25) is 5.91 Å². The molecule has 5 heteroatoms. The third-order valence-electron chi connectivity index (χ3n) is 4.05. The molecule has 1 amide bonds. The Bertz CT molecular complexity index is 1130. The van der Waals surface area contributed by atoms with Crippen LogP contribution in [0.15, 0.2) is 87.9 Å². The largest absolute Gasteiger partial charge is 0.457 e. The lowest BCUT2D eigenvalue weighted by atomic mass is 10.2. The Hall–Kier alpha value is -3.18. The van der Waals surface area contributed by atoms with Gasteiger partial charge in [0.25, 0.3) is 0 Å². The second-order valence-electron chi connectivity index (χ2n) is 5.91. The summed E-state index contributed by atoms with van der Waals surface area (Å²) >= 11 is 3.42. The van der Waals surface area contributed by atoms with Crippen LogP contribution in [-0.2, 0) is 4.79 Å². The molecule has 0 radical (unpaired) electrons. The van der Waals surface area contributed by atoms with Crippen LogP contribution in [0, 0.1) is 0 Å². The van der Waals surface area contributed by atoms with Gasteiger partial charge in [-0.15, -0.1) is 0 Å². The van der Waals surface area contributed by atoms with Crippen molar-refractivity contribution >= 4 is 44.5 Å². The number of hydrogen-bond donors (Lipinski definition) is 1. The van der Waals surface area contributed by atoms with E-state index in [0.717, 1.165) is 26.7 Å². The molecule has 4 nitrogen and oxygen atoms in total. The summed E-state index contributed by atoms with van der Waals surface area (Å²) in [4.78, 5) is 16.6. The van der Waals surface area contributed by atoms with Crippen LogP contribution in [0.25, 0.3) is 28.3 Å². The Labute approximate surface area is 164 Å². The first-order chi connectivity index (χ1) is 13.2. The number of amides is 1. The van der Waals surface area contributed by atoms with Gasteiger partial charge in [0, 0.05) is 27.7 Å². The number of pyridine rings is 1. The normalized spacial score (nSPS) is 11.1. The molecule has 2 aromatic heterocycles. The van der Waals surface area contributed by atoms with Crippen LogP contribution in [0.5, 0.6) is 0 Å². The number of fused-ring (bicyclic) bond motifs is 1. The zero-order valence-electron chi connectivity index (χ0n) is 14.2. The maximum Gasteiger partial charge on any atom is 0.248 e. The smallest absolute Gasteiger partial charge is 0.248 e. The third kappa shape index (κ3) is 3.99. The van der Waals surface area contributed by atoms with Gasteiger partial charge in [-0.2, -0.15) is 0 Å². The SMILES string of the molecule is O=C(C=Cc1ccc(-c2ccc(Br)cc2)o1)Nc1cccc2cccnc12. The second kappa shape index (κ2) is 7.60. The number of furan rings is 1. The van der Waals surface area contributed by atoms with E-state index in [2.05, 4.69) is 26.2 Å². The molecule has 27 heavy (non-hydrogen) atoms. The predicted octanol–water partition coefficient (Wildman–Crippen LogP) is 5.91. The first-order valence-corrected chi connectivity index (χ1v) is 9.17. The number of benzene rings is 2. The van der Waals surface area contributed by atoms with E-state index < -0.39 is 0 Å². The number of halogens is 1. The summed E-state index contributed by atoms with van der Waals surface area (Å²) in [5, 5.41) is 3.84. The summed E-state index contributed by atoms with van der Waals surface area (Å²) < 4.78 is 6.80. The van der Waals surface area contributed by atoms with Gasteiger partial charge >= 0.3 is 0 Å². The summed E-state index contributed by atoms with van der Waals surface area (Å²) in [5.74, 6) is 1.12. The van der Waals surface area contributed by atoms with E-state index in [4.69, 9.17) is 4.42 Å². The Kier molecular flexibility index (Phi) is 4.85. The van der Waals surface area contributed by atoms with Crippen molar-refractivity contribution in [3.05, 3.63) is 89.2 Å². The molecule has 4 aromatic rings. The molecule has 0 unspecified atom stereocenters. The molecular formula is C22H15BrN2O2. The van der Waals surface area contributed by atoms with Crippen LogP contribution in [0.3, 0.4) is 0 Å². The molecule has 0 saturated carbocycles. The van der Waals surface area contributed by atoms with Crippen molar-refractivity contribution in [2.75, 3.05) is 5.32 Å². The van der Waals surface area contributed by atoms with Crippen LogP contribution in [0.4, 0.5) is 5.69 Å². The monoisotopic (exact) mass is 418 g/mol. The first-order valence-electron chi connectivity index (χ1n) is 8.38. The number of rotatable bonds is 4. The zero-order valence-corrected chi connectivity index (χ0v) is 15.8. The average Bonchev–Trinajstić information content (AvgIpc) is 3.16. The number of nitrogens with one attached hydrogen (secondary N) is 1. The van der Waals surface area contributed by atoms with E-state index in [9.17, 15) is 4.79 Å². The molecule has 2 aromatic carbocycles. The minimum Gasteiger partial charge on any atom is -0.457 e. The molecule has 0 aliphatic heterocycles. The number of para-hydroxylation sites is 1. The lowest BCUT2D eigenvalue weighted by molar-refractivity contribution is -0.111. The number of carbonyl (C=O) groups is 1. The molecule has 0 atom stereocenters. The van der Waals surface area contributed by atoms with Gasteiger partial charge in [-0.1, -0.05) is 46.3 Å². The Morgan fingerprint density at radius 2 is 1.81 bits per heavy atom. The fraction of sp³-hybridized carbons (Fsp3) is 0. The summed E-state index contributed by atoms with van der Waals surface area (Å²) in [6, 6.07) is 21.1. The molecular weight excluding hydrogens is 404 g/mol. The fourth-order valence-electron chi connectivity index (χ4n) is 2.75. The summed E-state index contributed by atoms with van der Waals surface area (Å²) in [6.45, 7) is 0. The molecule has 132 valence electrons. The second-order valence-corrected chi connectivity index (χ2v) is 6.83. The number of carbonyl (C=O) groups excluding carboxylic acids is 1. The Balaban J connectivity index is 1.48. The topological polar surface area (TPSA) is 55.1 Å². The summed E-state index contributed by atoms with van der Waals surface area (Å²) in [5.41, 5.74) is 2.42. The van der Waals surface area contributed by atoms with Crippen molar-refractivity contribution in [1.82, 2.24) is 4.98 Å². The van der Waals surface area contributed by atoms with Gasteiger partial charge in [0.15, 0.2) is 0 Å². The van der Waals surface area contributed by atoms with E-state index in [1.165, 1.54) is 6.08 Å². The van der Waals surface area contributed by atoms with Crippen molar-refractivity contribution < 1.29 is 9.21 Å². The van der Waals surface area contributed by atoms with Crippen molar-refractivity contribution in [1.29, 1.82) is 0 Å². The molecule has 4 rings (SSSR count). The van der Waals surface area contributed by atoms with Gasteiger partial charge in [-0.3, -0.25) is 9.78 Å². The highest BCUT2D eigenvalue weighted by Gasteiger charge is 2.06. The fourth-order valence-corrected chi connectivity index (χ4v) is 3.01. The van der Waals surface area contributed by atoms with Crippen LogP contribution in [-0.4, -0.2) is 10.9 Å². The average molecular weight is 419 g/mol. The quantitative estimate of drug-likeness (QED) is 0.419. The number of anilines is 1. The molecule has 0 fully saturated rings. The van der Waals surface area contributed by atoms with Crippen LogP contribution in [0.2, 0.25) is 0 Å². The van der Waals surface area contributed by atoms with Crippen LogP contribution >= 0.6 is 15.9 Å². The minimum absolute atomic E-state index is 0.241. The van der Waals surface area contributed by atoms with Gasteiger partial charge in [0.05, 0.1) is 11.2 Å². The predicted molar refractivity (Wildman–Crippen MR) is 111 cm³/mol. The van der Waals surface area contributed by atoms with Gasteiger partial charge in [0.1, 0.15) is 11.5 Å². The highest BCUT2D eigenvalue weighted by atomic mass is 79.9. The highest BCUT2D eigenvalue weighted by molar-refractivity contribution is 9.10. The molecule has 0 aliphatic rings. The lowest BCUT2D eigenvalue weighted by Crippen LogP contribution is -2.08. The van der Waals surface area contributed by atoms with E-state index in [1.807, 2.05) is 66.7 Å². The van der Waals surface area contributed by atoms with E-state index in [0.29, 0.717) is 11.4 Å². The Morgan fingerprint density at radius 1 is 1.00 bits per heavy atom. The van der Waals surface area contributed by atoms with Crippen LogP contribution < -0.4 is 5.32 Å². The van der Waals surface area contributed by atoms with E-state index >= 15 is 0 Å². The molecule has 0 bridgehead atoms. The number of nitrogens with zero attached hydrogens (tertiary/aromatic N) is 1. The molecule has 0 saturated heterocycles. The third-order valence-corrected chi connectivity index (χ3v) is 4.57. The lowest BCUT2D eigenvalue weighted by Gasteiger charge is -2.05. The van der Waals surface area contributed by atoms with Gasteiger partial charge in [-0.05, 0) is 42.5 Å². The number of aromatic nitrogens is 1. The van der Waals surface area contributed by atoms with Crippen molar-refractivity contribution in [2.45, 2.75) is 0 Å². The molecule has 2 heterocycles. The highest BCUT2D eigenvalue weighted by Crippen LogP contribution is 2.25. The van der Waals surface area contributed by atoms with E-state index in [-0.39, 0.29) is 5.91 Å². The zero-order chi connectivity index (χ0) is 18.6. The Morgan fingerprint density at radius 3 is 2.67 bits per heavy atom. The molecule has 0 spiro atoms. The van der Waals surface area contributed by atoms with Crippen molar-refractivity contribution in [3.63, 3.8) is 0 Å². The van der Waals surface area contributed by atoms with Gasteiger partial charge in [-0.25, -0.2) is 0 Å². The summed E-state index contributed by atoms with van der Waals surface area (Å²) in [7, 11) is 0.